The Labute approximate surface area is 92.2 Å². The number of nitrogen functional groups attached to an aromatic ring is 1. The van der Waals surface area contributed by atoms with Crippen molar-refractivity contribution < 1.29 is 14.5 Å². The molecule has 0 atom stereocenters. The van der Waals surface area contributed by atoms with E-state index >= 15 is 0 Å². The summed E-state index contributed by atoms with van der Waals surface area (Å²) in [7, 11) is 1.28. The molecule has 16 heavy (non-hydrogen) atoms. The summed E-state index contributed by atoms with van der Waals surface area (Å²) in [6.07, 6.45) is 0.0200. The number of non-ortho nitro benzene ring substituents is 1. The van der Waals surface area contributed by atoms with Gasteiger partial charge in [0.25, 0.3) is 5.69 Å². The van der Waals surface area contributed by atoms with Gasteiger partial charge in [0.2, 0.25) is 0 Å². The third-order valence-electron chi connectivity index (χ3n) is 2.25. The largest absolute Gasteiger partial charge is 0.469 e. The molecule has 0 saturated carbocycles. The highest BCUT2D eigenvalue weighted by atomic mass is 16.6. The monoisotopic (exact) mass is 224 g/mol. The van der Waals surface area contributed by atoms with Gasteiger partial charge in [0.15, 0.2) is 0 Å². The second-order valence-corrected chi connectivity index (χ2v) is 3.34. The molecule has 86 valence electrons. The van der Waals surface area contributed by atoms with Crippen molar-refractivity contribution in [2.75, 3.05) is 12.8 Å². The van der Waals surface area contributed by atoms with Crippen LogP contribution in [0.1, 0.15) is 11.1 Å². The zero-order valence-corrected chi connectivity index (χ0v) is 9.02. The summed E-state index contributed by atoms with van der Waals surface area (Å²) < 4.78 is 4.51. The third-order valence-corrected chi connectivity index (χ3v) is 2.25. The van der Waals surface area contributed by atoms with Crippen LogP contribution in [0.3, 0.4) is 0 Å². The fourth-order valence-electron chi connectivity index (χ4n) is 1.39. The van der Waals surface area contributed by atoms with Gasteiger partial charge in [-0.3, -0.25) is 14.9 Å². The number of carbonyl (C=O) groups is 1. The molecule has 0 fully saturated rings. The lowest BCUT2D eigenvalue weighted by Gasteiger charge is -2.08. The van der Waals surface area contributed by atoms with Crippen LogP contribution in [0, 0.1) is 17.0 Å². The summed E-state index contributed by atoms with van der Waals surface area (Å²) >= 11 is 0. The van der Waals surface area contributed by atoms with Crippen LogP contribution < -0.4 is 5.73 Å². The SMILES string of the molecule is COC(=O)Cc1c(C)cc([N+](=O)[O-])cc1N. The molecule has 0 aliphatic carbocycles. The van der Waals surface area contributed by atoms with Crippen LogP contribution in [0.15, 0.2) is 12.1 Å². The van der Waals surface area contributed by atoms with Gasteiger partial charge >= 0.3 is 5.97 Å². The molecule has 1 rings (SSSR count). The minimum atomic E-state index is -0.523. The number of nitro groups is 1. The number of esters is 1. The molecule has 6 heteroatoms. The number of carbonyl (C=O) groups excluding carboxylic acids is 1. The maximum Gasteiger partial charge on any atom is 0.310 e. The molecule has 6 nitrogen and oxygen atoms in total. The van der Waals surface area contributed by atoms with Gasteiger partial charge in [-0.15, -0.1) is 0 Å². The highest BCUT2D eigenvalue weighted by molar-refractivity contribution is 5.76. The van der Waals surface area contributed by atoms with Crippen LogP contribution in [-0.4, -0.2) is 18.0 Å². The number of hydrogen-bond acceptors (Lipinski definition) is 5. The molecule has 0 aromatic heterocycles. The van der Waals surface area contributed by atoms with E-state index in [9.17, 15) is 14.9 Å². The van der Waals surface area contributed by atoms with Crippen molar-refractivity contribution in [1.82, 2.24) is 0 Å². The normalized spacial score (nSPS) is 9.88. The molecule has 1 aromatic carbocycles. The summed E-state index contributed by atoms with van der Waals surface area (Å²) in [6, 6.07) is 2.62. The van der Waals surface area contributed by atoms with E-state index in [-0.39, 0.29) is 17.8 Å². The van der Waals surface area contributed by atoms with Gasteiger partial charge < -0.3 is 10.5 Å². The van der Waals surface area contributed by atoms with Crippen LogP contribution in [0.4, 0.5) is 11.4 Å². The minimum Gasteiger partial charge on any atom is -0.469 e. The third kappa shape index (κ3) is 2.47. The Morgan fingerprint density at radius 3 is 2.62 bits per heavy atom. The van der Waals surface area contributed by atoms with Crippen molar-refractivity contribution in [2.45, 2.75) is 13.3 Å². The Hall–Kier alpha value is -2.11. The molecule has 0 radical (unpaired) electrons. The zero-order valence-electron chi connectivity index (χ0n) is 9.02. The Balaban J connectivity index is 3.12. The summed E-state index contributed by atoms with van der Waals surface area (Å²) in [5.41, 5.74) is 6.98. The maximum atomic E-state index is 11.1. The van der Waals surface area contributed by atoms with E-state index in [2.05, 4.69) is 4.74 Å². The number of hydrogen-bond donors (Lipinski definition) is 1. The highest BCUT2D eigenvalue weighted by Gasteiger charge is 2.15. The predicted octanol–water partition coefficient (Wildman–Crippen LogP) is 1.20. The predicted molar refractivity (Wildman–Crippen MR) is 58.0 cm³/mol. The highest BCUT2D eigenvalue weighted by Crippen LogP contribution is 2.24. The molecular formula is C10H12N2O4. The molecule has 1 aromatic rings. The average Bonchev–Trinajstić information content (AvgIpc) is 2.22. The van der Waals surface area contributed by atoms with Gasteiger partial charge in [-0.25, -0.2) is 0 Å². The van der Waals surface area contributed by atoms with Crippen LogP contribution in [0.5, 0.6) is 0 Å². The van der Waals surface area contributed by atoms with Gasteiger partial charge in [-0.05, 0) is 18.1 Å². The fraction of sp³-hybridized carbons (Fsp3) is 0.300. The first-order valence-electron chi connectivity index (χ1n) is 4.56. The molecule has 0 bridgehead atoms. The Kier molecular flexibility index (Phi) is 3.44. The first-order chi connectivity index (χ1) is 7.45. The van der Waals surface area contributed by atoms with E-state index in [1.165, 1.54) is 19.2 Å². The number of nitrogens with zero attached hydrogens (tertiary/aromatic N) is 1. The van der Waals surface area contributed by atoms with E-state index in [4.69, 9.17) is 5.73 Å². The van der Waals surface area contributed by atoms with Crippen LogP contribution in [-0.2, 0) is 16.0 Å². The van der Waals surface area contributed by atoms with Crippen LogP contribution in [0.25, 0.3) is 0 Å². The van der Waals surface area contributed by atoms with Crippen molar-refractivity contribution in [1.29, 1.82) is 0 Å². The number of ether oxygens (including phenoxy) is 1. The Morgan fingerprint density at radius 2 is 2.19 bits per heavy atom. The maximum absolute atomic E-state index is 11.1. The fourth-order valence-corrected chi connectivity index (χ4v) is 1.39. The standard InChI is InChI=1S/C10H12N2O4/c1-6-3-7(12(14)15)4-9(11)8(6)5-10(13)16-2/h3-4H,5,11H2,1-2H3. The van der Waals surface area contributed by atoms with Crippen molar-refractivity contribution in [2.24, 2.45) is 0 Å². The summed E-state index contributed by atoms with van der Waals surface area (Å²) in [4.78, 5) is 21.1. The van der Waals surface area contributed by atoms with Crippen molar-refractivity contribution in [3.8, 4) is 0 Å². The van der Waals surface area contributed by atoms with Crippen LogP contribution >= 0.6 is 0 Å². The van der Waals surface area contributed by atoms with Crippen LogP contribution in [0.2, 0.25) is 0 Å². The summed E-state index contributed by atoms with van der Waals surface area (Å²) in [6.45, 7) is 1.67. The van der Waals surface area contributed by atoms with Gasteiger partial charge in [-0.1, -0.05) is 0 Å². The minimum absolute atomic E-state index is 0.0200. The number of methoxy groups -OCH3 is 1. The van der Waals surface area contributed by atoms with Gasteiger partial charge in [0.05, 0.1) is 18.5 Å². The number of nitrogens with two attached hydrogens (primary N) is 1. The van der Waals surface area contributed by atoms with Gasteiger partial charge in [-0.2, -0.15) is 0 Å². The lowest BCUT2D eigenvalue weighted by Crippen LogP contribution is -2.09. The summed E-state index contributed by atoms with van der Waals surface area (Å²) in [5, 5.41) is 10.6. The summed E-state index contributed by atoms with van der Waals surface area (Å²) in [5.74, 6) is -0.427. The quantitative estimate of drug-likeness (QED) is 0.360. The Morgan fingerprint density at radius 1 is 1.56 bits per heavy atom. The van der Waals surface area contributed by atoms with Gasteiger partial charge in [0.1, 0.15) is 0 Å². The first kappa shape index (κ1) is 12.0. The van der Waals surface area contributed by atoms with E-state index in [1.54, 1.807) is 6.92 Å². The lowest BCUT2D eigenvalue weighted by atomic mass is 10.0. The second-order valence-electron chi connectivity index (χ2n) is 3.34. The zero-order chi connectivity index (χ0) is 12.3. The van der Waals surface area contributed by atoms with Crippen molar-refractivity contribution in [3.05, 3.63) is 33.4 Å². The van der Waals surface area contributed by atoms with E-state index in [0.29, 0.717) is 11.1 Å². The van der Waals surface area contributed by atoms with E-state index in [1.807, 2.05) is 0 Å². The van der Waals surface area contributed by atoms with Crippen molar-refractivity contribution >= 4 is 17.3 Å². The molecule has 0 aliphatic rings. The molecule has 0 unspecified atom stereocenters. The number of benzene rings is 1. The molecule has 2 N–H and O–H groups in total. The molecule has 0 aliphatic heterocycles. The Bertz CT molecular complexity index is 419. The second kappa shape index (κ2) is 4.61. The van der Waals surface area contributed by atoms with E-state index < -0.39 is 10.9 Å². The molecular weight excluding hydrogens is 212 g/mol. The number of rotatable bonds is 3. The average molecular weight is 224 g/mol. The van der Waals surface area contributed by atoms with Crippen molar-refractivity contribution in [3.63, 3.8) is 0 Å². The molecule has 0 heterocycles. The lowest BCUT2D eigenvalue weighted by molar-refractivity contribution is -0.384. The molecule has 0 saturated heterocycles. The molecule has 0 amide bonds. The van der Waals surface area contributed by atoms with Gasteiger partial charge in [0, 0.05) is 17.8 Å². The smallest absolute Gasteiger partial charge is 0.310 e. The number of anilines is 1. The first-order valence-corrected chi connectivity index (χ1v) is 4.56. The number of aryl methyl sites for hydroxylation is 1. The molecule has 0 spiro atoms. The number of nitro benzene ring substituents is 1. The topological polar surface area (TPSA) is 95.5 Å². The van der Waals surface area contributed by atoms with E-state index in [0.717, 1.165) is 0 Å².